The molecule has 3 N–H and O–H groups in total. The number of anilines is 2. The van der Waals surface area contributed by atoms with Gasteiger partial charge < -0.3 is 15.7 Å². The van der Waals surface area contributed by atoms with Crippen molar-refractivity contribution in [1.82, 2.24) is 0 Å². The predicted molar refractivity (Wildman–Crippen MR) is 67.0 cm³/mol. The van der Waals surface area contributed by atoms with Gasteiger partial charge in [-0.2, -0.15) is 0 Å². The van der Waals surface area contributed by atoms with Gasteiger partial charge in [-0.05, 0) is 11.1 Å². The van der Waals surface area contributed by atoms with Crippen LogP contribution in [0.2, 0.25) is 0 Å². The van der Waals surface area contributed by atoms with Gasteiger partial charge in [0.25, 0.3) is 0 Å². The molecular formula is C12H15ClN2O. The Morgan fingerprint density at radius 3 is 2.94 bits per heavy atom. The summed E-state index contributed by atoms with van der Waals surface area (Å²) >= 11 is 6.00. The number of hydrogen-bond donors (Lipinski definition) is 3. The average molecular weight is 239 g/mol. The lowest BCUT2D eigenvalue weighted by Crippen LogP contribution is -2.05. The van der Waals surface area contributed by atoms with E-state index in [2.05, 4.69) is 17.6 Å². The van der Waals surface area contributed by atoms with Crippen LogP contribution in [-0.4, -0.2) is 24.1 Å². The lowest BCUT2D eigenvalue weighted by atomic mass is 9.90. The Hall–Kier alpha value is -1.09. The van der Waals surface area contributed by atoms with Crippen molar-refractivity contribution < 1.29 is 5.11 Å². The Bertz CT molecular complexity index is 447. The quantitative estimate of drug-likeness (QED) is 0.521. The van der Waals surface area contributed by atoms with E-state index in [0.29, 0.717) is 23.5 Å². The number of phenolic OH excluding ortho intramolecular Hbond substituents is 1. The van der Waals surface area contributed by atoms with Crippen molar-refractivity contribution in [2.45, 2.75) is 18.8 Å². The van der Waals surface area contributed by atoms with E-state index in [1.165, 1.54) is 11.1 Å². The maximum Gasteiger partial charge on any atom is 0.141 e. The minimum Gasteiger partial charge on any atom is -0.506 e. The Labute approximate surface area is 99.8 Å². The molecule has 3 rings (SSSR count). The number of hydrogen-bond acceptors (Lipinski definition) is 3. The monoisotopic (exact) mass is 238 g/mol. The van der Waals surface area contributed by atoms with Crippen LogP contribution in [0.25, 0.3) is 0 Å². The molecular weight excluding hydrogens is 224 g/mol. The molecule has 2 aliphatic rings. The minimum absolute atomic E-state index is 0.348. The van der Waals surface area contributed by atoms with Crippen LogP contribution in [0.1, 0.15) is 29.9 Å². The highest BCUT2D eigenvalue weighted by Crippen LogP contribution is 2.48. The van der Waals surface area contributed by atoms with Gasteiger partial charge in [0.2, 0.25) is 0 Å². The smallest absolute Gasteiger partial charge is 0.141 e. The summed E-state index contributed by atoms with van der Waals surface area (Å²) in [6, 6.07) is 1.81. The van der Waals surface area contributed by atoms with Crippen LogP contribution in [0, 0.1) is 0 Å². The van der Waals surface area contributed by atoms with Gasteiger partial charge in [-0.25, -0.2) is 0 Å². The number of aromatic hydroxyl groups is 1. The topological polar surface area (TPSA) is 44.3 Å². The number of fused-ring (bicyclic) bond motifs is 3. The Balaban J connectivity index is 2.23. The lowest BCUT2D eigenvalue weighted by molar-refractivity contribution is 0.477. The largest absolute Gasteiger partial charge is 0.506 e. The third-order valence-electron chi connectivity index (χ3n) is 3.60. The average Bonchev–Trinajstić information content (AvgIpc) is 2.82. The molecule has 4 heteroatoms. The molecule has 0 saturated carbocycles. The van der Waals surface area contributed by atoms with Gasteiger partial charge in [0, 0.05) is 42.6 Å². The molecule has 2 heterocycles. The standard InChI is InChI=1S/C12H15ClN2O/c1-6-4-15-12-9(16)2-8-11(10(6)12)7(3-13)5-14-8/h2,6-7,14-16H,3-5H2,1H3/t6?,7-/m1/s1. The Morgan fingerprint density at radius 2 is 2.19 bits per heavy atom. The second-order valence-corrected chi connectivity index (χ2v) is 4.97. The lowest BCUT2D eigenvalue weighted by Gasteiger charge is -2.14. The first-order valence-electron chi connectivity index (χ1n) is 5.65. The Morgan fingerprint density at radius 1 is 1.38 bits per heavy atom. The van der Waals surface area contributed by atoms with Crippen LogP contribution < -0.4 is 10.6 Å². The number of phenols is 1. The number of nitrogens with one attached hydrogen (secondary N) is 2. The van der Waals surface area contributed by atoms with Gasteiger partial charge in [-0.15, -0.1) is 11.6 Å². The van der Waals surface area contributed by atoms with E-state index < -0.39 is 0 Å². The van der Waals surface area contributed by atoms with Gasteiger partial charge in [-0.3, -0.25) is 0 Å². The summed E-state index contributed by atoms with van der Waals surface area (Å²) in [7, 11) is 0. The fourth-order valence-corrected chi connectivity index (χ4v) is 3.08. The fraction of sp³-hybridized carbons (Fsp3) is 0.500. The second kappa shape index (κ2) is 3.45. The van der Waals surface area contributed by atoms with E-state index in [4.69, 9.17) is 11.6 Å². The number of halogens is 1. The van der Waals surface area contributed by atoms with Crippen molar-refractivity contribution in [3.8, 4) is 5.75 Å². The Kier molecular flexibility index (Phi) is 2.18. The van der Waals surface area contributed by atoms with E-state index in [1.54, 1.807) is 0 Å². The first kappa shape index (κ1) is 10.1. The zero-order valence-corrected chi connectivity index (χ0v) is 9.93. The van der Waals surface area contributed by atoms with Crippen LogP contribution in [0.4, 0.5) is 11.4 Å². The predicted octanol–water partition coefficient (Wildman–Crippen LogP) is 2.67. The van der Waals surface area contributed by atoms with Gasteiger partial charge in [0.05, 0.1) is 5.69 Å². The van der Waals surface area contributed by atoms with Crippen LogP contribution >= 0.6 is 11.6 Å². The van der Waals surface area contributed by atoms with Crippen molar-refractivity contribution in [3.63, 3.8) is 0 Å². The molecule has 0 aromatic heterocycles. The van der Waals surface area contributed by atoms with Crippen LogP contribution in [0.5, 0.6) is 5.75 Å². The summed E-state index contributed by atoms with van der Waals surface area (Å²) in [6.07, 6.45) is 0. The summed E-state index contributed by atoms with van der Waals surface area (Å²) in [4.78, 5) is 0. The summed E-state index contributed by atoms with van der Waals surface area (Å²) in [5.41, 5.74) is 4.52. The van der Waals surface area contributed by atoms with E-state index in [9.17, 15) is 5.11 Å². The highest BCUT2D eigenvalue weighted by atomic mass is 35.5. The molecule has 0 radical (unpaired) electrons. The second-order valence-electron chi connectivity index (χ2n) is 4.66. The normalized spacial score (nSPS) is 25.9. The first-order chi connectivity index (χ1) is 7.72. The van der Waals surface area contributed by atoms with Crippen molar-refractivity contribution in [2.24, 2.45) is 0 Å². The number of rotatable bonds is 1. The highest BCUT2D eigenvalue weighted by molar-refractivity contribution is 6.18. The molecule has 0 saturated heterocycles. The first-order valence-corrected chi connectivity index (χ1v) is 6.19. The van der Waals surface area contributed by atoms with E-state index in [0.717, 1.165) is 24.5 Å². The maximum absolute atomic E-state index is 9.94. The summed E-state index contributed by atoms with van der Waals surface area (Å²) in [6.45, 7) is 3.96. The van der Waals surface area contributed by atoms with Crippen LogP contribution in [0.15, 0.2) is 6.07 Å². The molecule has 0 aliphatic carbocycles. The van der Waals surface area contributed by atoms with Gasteiger partial charge in [-0.1, -0.05) is 6.92 Å². The van der Waals surface area contributed by atoms with Gasteiger partial charge in [0.1, 0.15) is 5.75 Å². The molecule has 0 spiro atoms. The molecule has 2 atom stereocenters. The van der Waals surface area contributed by atoms with Crippen molar-refractivity contribution >= 4 is 23.0 Å². The zero-order valence-electron chi connectivity index (χ0n) is 9.18. The molecule has 1 unspecified atom stereocenters. The van der Waals surface area contributed by atoms with Gasteiger partial charge in [0.15, 0.2) is 0 Å². The molecule has 16 heavy (non-hydrogen) atoms. The third-order valence-corrected chi connectivity index (χ3v) is 3.97. The molecule has 2 aliphatic heterocycles. The number of alkyl halides is 1. The molecule has 86 valence electrons. The van der Waals surface area contributed by atoms with Crippen molar-refractivity contribution in [2.75, 3.05) is 29.6 Å². The third kappa shape index (κ3) is 1.21. The SMILES string of the molecule is CC1CNc2c(O)cc3c(c21)[C@H](CCl)CN3. The zero-order chi connectivity index (χ0) is 11.3. The summed E-state index contributed by atoms with van der Waals surface area (Å²) < 4.78 is 0. The summed E-state index contributed by atoms with van der Waals surface area (Å²) in [5.74, 6) is 1.79. The van der Waals surface area contributed by atoms with E-state index >= 15 is 0 Å². The highest BCUT2D eigenvalue weighted by Gasteiger charge is 2.33. The maximum atomic E-state index is 9.94. The van der Waals surface area contributed by atoms with Crippen LogP contribution in [-0.2, 0) is 0 Å². The van der Waals surface area contributed by atoms with E-state index in [1.807, 2.05) is 6.07 Å². The molecule has 1 aromatic rings. The molecule has 1 aromatic carbocycles. The van der Waals surface area contributed by atoms with Crippen molar-refractivity contribution in [1.29, 1.82) is 0 Å². The van der Waals surface area contributed by atoms with Crippen LogP contribution in [0.3, 0.4) is 0 Å². The molecule has 0 bridgehead atoms. The molecule has 0 amide bonds. The summed E-state index contributed by atoms with van der Waals surface area (Å²) in [5, 5.41) is 16.5. The van der Waals surface area contributed by atoms with E-state index in [-0.39, 0.29) is 0 Å². The van der Waals surface area contributed by atoms with Gasteiger partial charge >= 0.3 is 0 Å². The molecule has 0 fully saturated rings. The minimum atomic E-state index is 0.348. The number of benzene rings is 1. The molecule has 3 nitrogen and oxygen atoms in total. The van der Waals surface area contributed by atoms with Crippen molar-refractivity contribution in [3.05, 3.63) is 17.2 Å². The fourth-order valence-electron chi connectivity index (χ4n) is 2.81.